The molecule has 2 aromatic rings. The largest absolute Gasteiger partial charge is 0.439 e. The molecule has 3 heterocycles. The van der Waals surface area contributed by atoms with E-state index < -0.39 is 10.0 Å². The van der Waals surface area contributed by atoms with E-state index in [0.717, 1.165) is 5.56 Å². The molecule has 0 saturated carbocycles. The van der Waals surface area contributed by atoms with E-state index in [0.29, 0.717) is 23.0 Å². The maximum absolute atomic E-state index is 11.8. The molecule has 0 N–H and O–H groups in total. The Morgan fingerprint density at radius 1 is 1.08 bits per heavy atom. The van der Waals surface area contributed by atoms with E-state index in [2.05, 4.69) is 14.5 Å². The Balaban J connectivity index is 1.62. The number of aromatic nitrogens is 1. The minimum atomic E-state index is -3.46. The topological polar surface area (TPSA) is 84.2 Å². The van der Waals surface area contributed by atoms with Gasteiger partial charge in [-0.2, -0.15) is 5.10 Å². The normalized spacial score (nSPS) is 18.2. The molecule has 0 aliphatic carbocycles. The molecule has 0 spiro atoms. The molecule has 0 atom stereocenters. The Labute approximate surface area is 145 Å². The van der Waals surface area contributed by atoms with E-state index in [9.17, 15) is 8.42 Å². The predicted molar refractivity (Wildman–Crippen MR) is 95.1 cm³/mol. The number of hydrogen-bond donors (Lipinski definition) is 0. The third-order valence-electron chi connectivity index (χ3n) is 3.73. The van der Waals surface area contributed by atoms with Crippen molar-refractivity contribution in [2.45, 2.75) is 0 Å². The second kappa shape index (κ2) is 6.14. The molecule has 0 bridgehead atoms. The molecule has 2 aliphatic rings. The fourth-order valence-corrected chi connectivity index (χ4v) is 3.48. The monoisotopic (exact) mass is 354 g/mol. The fraction of sp³-hybridized carbons (Fsp3) is 0.118. The highest BCUT2D eigenvalue weighted by atomic mass is 32.2. The zero-order valence-electron chi connectivity index (χ0n) is 13.1. The molecule has 25 heavy (non-hydrogen) atoms. The zero-order chi connectivity index (χ0) is 17.3. The van der Waals surface area contributed by atoms with Crippen molar-refractivity contribution in [1.82, 2.24) is 9.99 Å². The van der Waals surface area contributed by atoms with Gasteiger partial charge in [0.1, 0.15) is 5.75 Å². The van der Waals surface area contributed by atoms with Gasteiger partial charge < -0.3 is 4.74 Å². The number of rotatable bonds is 3. The second-order valence-electron chi connectivity index (χ2n) is 5.47. The molecule has 7 nitrogen and oxygen atoms in total. The first-order chi connectivity index (χ1) is 12.1. The summed E-state index contributed by atoms with van der Waals surface area (Å²) in [5.41, 5.74) is 1.41. The van der Waals surface area contributed by atoms with Gasteiger partial charge in [0, 0.05) is 29.6 Å². The van der Waals surface area contributed by atoms with Gasteiger partial charge in [0.05, 0.1) is 12.3 Å². The molecule has 0 fully saturated rings. The van der Waals surface area contributed by atoms with Gasteiger partial charge in [0.2, 0.25) is 5.88 Å². The van der Waals surface area contributed by atoms with E-state index in [4.69, 9.17) is 4.74 Å². The summed E-state index contributed by atoms with van der Waals surface area (Å²) < 4.78 is 33.1. The highest BCUT2D eigenvalue weighted by Crippen LogP contribution is 2.26. The molecule has 1 aromatic heterocycles. The number of pyridine rings is 1. The Morgan fingerprint density at radius 2 is 1.92 bits per heavy atom. The Hall–Kier alpha value is -3.00. The molecular weight excluding hydrogens is 340 g/mol. The van der Waals surface area contributed by atoms with Crippen LogP contribution < -0.4 is 4.74 Å². The number of ether oxygens (including phenoxy) is 1. The minimum Gasteiger partial charge on any atom is -0.439 e. The number of allylic oxidation sites excluding steroid dienone is 1. The molecule has 0 unspecified atom stereocenters. The lowest BCUT2D eigenvalue weighted by Gasteiger charge is -2.27. The summed E-state index contributed by atoms with van der Waals surface area (Å²) in [7, 11) is -3.46. The fourth-order valence-electron chi connectivity index (χ4n) is 2.53. The van der Waals surface area contributed by atoms with Crippen LogP contribution in [0.5, 0.6) is 11.6 Å². The molecule has 1 aromatic carbocycles. The third-order valence-corrected chi connectivity index (χ3v) is 4.88. The second-order valence-corrected chi connectivity index (χ2v) is 7.22. The number of sulfonamides is 1. The van der Waals surface area contributed by atoms with E-state index in [1.807, 2.05) is 36.4 Å². The quantitative estimate of drug-likeness (QED) is 0.844. The summed E-state index contributed by atoms with van der Waals surface area (Å²) in [6, 6.07) is 12.9. The molecule has 0 amide bonds. The highest BCUT2D eigenvalue weighted by Gasteiger charge is 2.28. The van der Waals surface area contributed by atoms with Gasteiger partial charge in [-0.3, -0.25) is 0 Å². The first-order valence-corrected chi connectivity index (χ1v) is 9.26. The van der Waals surface area contributed by atoms with Crippen LogP contribution in [0.15, 0.2) is 64.2 Å². The Bertz CT molecular complexity index is 980. The van der Waals surface area contributed by atoms with E-state index >= 15 is 0 Å². The summed E-state index contributed by atoms with van der Waals surface area (Å²) in [4.78, 5) is 4.29. The predicted octanol–water partition coefficient (Wildman–Crippen LogP) is 2.30. The maximum atomic E-state index is 11.8. The van der Waals surface area contributed by atoms with Gasteiger partial charge in [0.15, 0.2) is 5.84 Å². The smallest absolute Gasteiger partial charge is 0.256 e. The summed E-state index contributed by atoms with van der Waals surface area (Å²) >= 11 is 0. The number of nitrogens with zero attached hydrogens (tertiary/aromatic N) is 4. The lowest BCUT2D eigenvalue weighted by Crippen LogP contribution is -2.38. The van der Waals surface area contributed by atoms with Crippen molar-refractivity contribution in [1.29, 1.82) is 0 Å². The zero-order valence-corrected chi connectivity index (χ0v) is 13.9. The molecule has 2 aliphatic heterocycles. The first kappa shape index (κ1) is 15.5. The van der Waals surface area contributed by atoms with Crippen LogP contribution in [-0.4, -0.2) is 42.8 Å². The molecule has 126 valence electrons. The third kappa shape index (κ3) is 3.29. The van der Waals surface area contributed by atoms with E-state index in [-0.39, 0.29) is 12.3 Å². The van der Waals surface area contributed by atoms with Crippen molar-refractivity contribution in [3.8, 4) is 11.6 Å². The van der Waals surface area contributed by atoms with Crippen molar-refractivity contribution >= 4 is 27.6 Å². The molecule has 0 radical (unpaired) electrons. The van der Waals surface area contributed by atoms with Crippen LogP contribution in [0.4, 0.5) is 0 Å². The average Bonchev–Trinajstić information content (AvgIpc) is 2.62. The van der Waals surface area contributed by atoms with Gasteiger partial charge in [0.25, 0.3) is 10.0 Å². The highest BCUT2D eigenvalue weighted by molar-refractivity contribution is 7.90. The Kier molecular flexibility index (Phi) is 3.81. The van der Waals surface area contributed by atoms with Crippen molar-refractivity contribution < 1.29 is 13.2 Å². The number of amidine groups is 1. The molecule has 4 rings (SSSR count). The van der Waals surface area contributed by atoms with Gasteiger partial charge in [-0.25, -0.2) is 18.4 Å². The number of hydrogen-bond acceptors (Lipinski definition) is 6. The molecular formula is C17H14N4O3S. The number of para-hydroxylation sites is 1. The lowest BCUT2D eigenvalue weighted by atomic mass is 10.1. The number of fused-ring (bicyclic) bond motifs is 1. The Morgan fingerprint density at radius 3 is 2.68 bits per heavy atom. The summed E-state index contributed by atoms with van der Waals surface area (Å²) in [5.74, 6) is 1.44. The van der Waals surface area contributed by atoms with Crippen molar-refractivity contribution in [2.24, 2.45) is 9.50 Å². The SMILES string of the molecule is O=S1(=O)CCN2N=CC=C(c3ccc(Oc4ccccc4)nc3)C2=N1. The van der Waals surface area contributed by atoms with Crippen molar-refractivity contribution in [3.63, 3.8) is 0 Å². The van der Waals surface area contributed by atoms with E-state index in [1.165, 1.54) is 0 Å². The van der Waals surface area contributed by atoms with Crippen LogP contribution in [0.3, 0.4) is 0 Å². The lowest BCUT2D eigenvalue weighted by molar-refractivity contribution is 0.461. The minimum absolute atomic E-state index is 0.0385. The standard InChI is InChI=1S/C17H14N4O3S/c22-25(23)11-10-21-17(20-25)15(8-9-19-21)13-6-7-16(18-12-13)24-14-4-2-1-3-5-14/h1-9,12H,10-11H2. The van der Waals surface area contributed by atoms with Crippen molar-refractivity contribution in [2.75, 3.05) is 12.3 Å². The average molecular weight is 354 g/mol. The van der Waals surface area contributed by atoms with Crippen LogP contribution in [-0.2, 0) is 10.0 Å². The molecule has 8 heteroatoms. The van der Waals surface area contributed by atoms with Gasteiger partial charge in [-0.05, 0) is 24.3 Å². The van der Waals surface area contributed by atoms with Crippen LogP contribution in [0.25, 0.3) is 5.57 Å². The summed E-state index contributed by atoms with van der Waals surface area (Å²) in [6.07, 6.45) is 4.98. The first-order valence-electron chi connectivity index (χ1n) is 7.65. The summed E-state index contributed by atoms with van der Waals surface area (Å²) in [5, 5.41) is 5.75. The number of hydrazone groups is 1. The number of benzene rings is 1. The van der Waals surface area contributed by atoms with E-state index in [1.54, 1.807) is 29.6 Å². The van der Waals surface area contributed by atoms with Gasteiger partial charge in [-0.15, -0.1) is 4.40 Å². The van der Waals surface area contributed by atoms with Gasteiger partial charge >= 0.3 is 0 Å². The van der Waals surface area contributed by atoms with Crippen LogP contribution in [0.2, 0.25) is 0 Å². The summed E-state index contributed by atoms with van der Waals surface area (Å²) in [6.45, 7) is 0.289. The van der Waals surface area contributed by atoms with Crippen LogP contribution >= 0.6 is 0 Å². The van der Waals surface area contributed by atoms with Crippen molar-refractivity contribution in [3.05, 3.63) is 60.3 Å². The van der Waals surface area contributed by atoms with Crippen LogP contribution in [0, 0.1) is 0 Å². The maximum Gasteiger partial charge on any atom is 0.256 e. The molecule has 0 saturated heterocycles. The van der Waals surface area contributed by atoms with Crippen LogP contribution in [0.1, 0.15) is 5.56 Å². The van der Waals surface area contributed by atoms with Gasteiger partial charge in [-0.1, -0.05) is 18.2 Å².